The Morgan fingerprint density at radius 2 is 1.82 bits per heavy atom. The molecule has 0 saturated heterocycles. The molecule has 0 unspecified atom stereocenters. The summed E-state index contributed by atoms with van der Waals surface area (Å²) < 4.78 is 35.6. The van der Waals surface area contributed by atoms with Crippen molar-refractivity contribution in [1.29, 1.82) is 0 Å². The number of benzene rings is 2. The van der Waals surface area contributed by atoms with Crippen LogP contribution in [0.15, 0.2) is 54.6 Å². The summed E-state index contributed by atoms with van der Waals surface area (Å²) in [5, 5.41) is 21.7. The summed E-state index contributed by atoms with van der Waals surface area (Å²) in [6.07, 6.45) is -2.72. The number of rotatable bonds is 6. The molecule has 3 aromatic rings. The van der Waals surface area contributed by atoms with Crippen LogP contribution in [-0.2, 0) is 16.8 Å². The topological polar surface area (TPSA) is 118 Å². The molecule has 1 saturated carbocycles. The molecule has 34 heavy (non-hydrogen) atoms. The largest absolute Gasteiger partial charge is 0.586 e. The van der Waals surface area contributed by atoms with Gasteiger partial charge in [0, 0.05) is 14.0 Å². The van der Waals surface area contributed by atoms with Gasteiger partial charge in [-0.3, -0.25) is 4.79 Å². The number of nitrogens with zero attached hydrogens (tertiary/aromatic N) is 1. The van der Waals surface area contributed by atoms with E-state index in [1.165, 1.54) is 30.3 Å². The number of carboxylic acid groups (broad SMARTS) is 1. The number of aromatic carboxylic acids is 1. The third kappa shape index (κ3) is 3.81. The number of carbonyl (C=O) groups excluding carboxylic acids is 1. The number of halogens is 2. The number of carbonyl (C=O) groups is 2. The van der Waals surface area contributed by atoms with Crippen molar-refractivity contribution in [2.24, 2.45) is 0 Å². The van der Waals surface area contributed by atoms with Gasteiger partial charge < -0.3 is 25.0 Å². The lowest BCUT2D eigenvalue weighted by molar-refractivity contribution is -0.286. The van der Waals surface area contributed by atoms with Crippen molar-refractivity contribution in [2.75, 3.05) is 5.32 Å². The maximum absolute atomic E-state index is 13.4. The van der Waals surface area contributed by atoms with E-state index in [0.717, 1.165) is 0 Å². The summed E-state index contributed by atoms with van der Waals surface area (Å²) in [7, 11) is 0. The van der Waals surface area contributed by atoms with Gasteiger partial charge in [-0.25, -0.2) is 9.78 Å². The highest BCUT2D eigenvalue weighted by Gasteiger charge is 2.53. The van der Waals surface area contributed by atoms with E-state index in [2.05, 4.69) is 19.8 Å². The third-order valence-electron chi connectivity index (χ3n) is 5.91. The molecule has 1 aliphatic carbocycles. The molecule has 2 aliphatic rings. The number of amides is 1. The predicted octanol–water partition coefficient (Wildman–Crippen LogP) is 4.42. The zero-order chi connectivity index (χ0) is 24.1. The first-order valence-electron chi connectivity index (χ1n) is 10.4. The van der Waals surface area contributed by atoms with Crippen molar-refractivity contribution >= 4 is 17.7 Å². The molecule has 5 rings (SSSR count). The lowest BCUT2D eigenvalue weighted by Gasteiger charge is -2.17. The van der Waals surface area contributed by atoms with Gasteiger partial charge in [-0.05, 0) is 48.7 Å². The van der Waals surface area contributed by atoms with E-state index in [4.69, 9.17) is 0 Å². The summed E-state index contributed by atoms with van der Waals surface area (Å²) in [5.41, 5.74) is 0.918. The molecule has 178 valence electrons. The Kier molecular flexibility index (Phi) is 4.98. The Bertz CT molecular complexity index is 1330. The molecule has 0 bridgehead atoms. The van der Waals surface area contributed by atoms with Crippen LogP contribution in [0.25, 0.3) is 11.3 Å². The van der Waals surface area contributed by atoms with Gasteiger partial charge in [-0.2, -0.15) is 0 Å². The number of ether oxygens (including phenoxy) is 2. The number of alkyl halides is 2. The molecule has 10 heteroatoms. The number of anilines is 1. The summed E-state index contributed by atoms with van der Waals surface area (Å²) >= 11 is 0. The van der Waals surface area contributed by atoms with E-state index in [1.54, 1.807) is 24.3 Å². The third-order valence-corrected chi connectivity index (χ3v) is 5.91. The highest BCUT2D eigenvalue weighted by atomic mass is 19.3. The smallest absolute Gasteiger partial charge is 0.478 e. The highest BCUT2D eigenvalue weighted by Crippen LogP contribution is 2.52. The number of nitrogens with one attached hydrogen (secondary N) is 1. The number of hydrogen-bond acceptors (Lipinski definition) is 6. The Morgan fingerprint density at radius 3 is 2.53 bits per heavy atom. The standard InChI is InChI=1S/C24H18F2N2O6.2H2/c25-24(26)33-17-6-5-16(11-18(17)34-24)23(8-9-23)22(32)28-19-7-4-15(12-29)20(27-19)13-2-1-3-14(10-13)21(30)31;;/h1-7,10-11,29H,8-9,12H2,(H,30,31)(H,27,28,32);2*1H. The second kappa shape index (κ2) is 7.77. The number of carboxylic acids is 1. The molecule has 1 amide bonds. The molecule has 1 fully saturated rings. The van der Waals surface area contributed by atoms with Gasteiger partial charge >= 0.3 is 12.3 Å². The van der Waals surface area contributed by atoms with Crippen LogP contribution in [0.1, 0.15) is 37.2 Å². The molecule has 1 aromatic heterocycles. The fraction of sp³-hybridized carbons (Fsp3) is 0.208. The Morgan fingerprint density at radius 1 is 1.06 bits per heavy atom. The molecular formula is C24H22F2N2O6. The van der Waals surface area contributed by atoms with Gasteiger partial charge in [-0.15, -0.1) is 8.78 Å². The summed E-state index contributed by atoms with van der Waals surface area (Å²) in [5.74, 6) is -1.50. The van der Waals surface area contributed by atoms with Crippen molar-refractivity contribution in [3.8, 4) is 22.8 Å². The fourth-order valence-corrected chi connectivity index (χ4v) is 3.99. The molecule has 8 nitrogen and oxygen atoms in total. The lowest BCUT2D eigenvalue weighted by atomic mass is 9.94. The van der Waals surface area contributed by atoms with Crippen molar-refractivity contribution in [3.05, 3.63) is 71.3 Å². The quantitative estimate of drug-likeness (QED) is 0.486. The summed E-state index contributed by atoms with van der Waals surface area (Å²) in [4.78, 5) is 28.9. The van der Waals surface area contributed by atoms with Gasteiger partial charge in [0.2, 0.25) is 5.91 Å². The lowest BCUT2D eigenvalue weighted by Crippen LogP contribution is -2.28. The molecule has 0 atom stereocenters. The maximum Gasteiger partial charge on any atom is 0.586 e. The van der Waals surface area contributed by atoms with Gasteiger partial charge in [-0.1, -0.05) is 24.3 Å². The SMILES string of the molecule is O=C(O)c1cccc(-c2nc(NC(=O)C3(c4ccc5c(c4)OC(F)(F)O5)CC3)ccc2CO)c1.[HH].[HH]. The van der Waals surface area contributed by atoms with Gasteiger partial charge in [0.25, 0.3) is 0 Å². The second-order valence-electron chi connectivity index (χ2n) is 8.11. The van der Waals surface area contributed by atoms with Crippen molar-refractivity contribution in [1.82, 2.24) is 4.98 Å². The molecule has 2 heterocycles. The van der Waals surface area contributed by atoms with E-state index in [9.17, 15) is 28.6 Å². The van der Waals surface area contributed by atoms with Crippen LogP contribution in [0.2, 0.25) is 0 Å². The normalized spacial score (nSPS) is 16.7. The number of pyridine rings is 1. The summed E-state index contributed by atoms with van der Waals surface area (Å²) in [6, 6.07) is 13.5. The first-order chi connectivity index (χ1) is 16.2. The fourth-order valence-electron chi connectivity index (χ4n) is 3.99. The maximum atomic E-state index is 13.4. The zero-order valence-corrected chi connectivity index (χ0v) is 17.5. The predicted molar refractivity (Wildman–Crippen MR) is 119 cm³/mol. The summed E-state index contributed by atoms with van der Waals surface area (Å²) in [6.45, 7) is -0.334. The minimum atomic E-state index is -3.74. The monoisotopic (exact) mass is 472 g/mol. The Hall–Kier alpha value is -4.05. The van der Waals surface area contributed by atoms with E-state index in [-0.39, 0.29) is 38.2 Å². The number of aliphatic hydroxyl groups excluding tert-OH is 1. The van der Waals surface area contributed by atoms with Crippen LogP contribution >= 0.6 is 0 Å². The number of hydrogen-bond donors (Lipinski definition) is 3. The minimum absolute atomic E-state index is 0. The van der Waals surface area contributed by atoms with Crippen molar-refractivity contribution in [3.63, 3.8) is 0 Å². The number of aliphatic hydroxyl groups is 1. The van der Waals surface area contributed by atoms with E-state index >= 15 is 0 Å². The minimum Gasteiger partial charge on any atom is -0.478 e. The Balaban J connectivity index is 0.00000180. The first-order valence-corrected chi connectivity index (χ1v) is 10.4. The van der Waals surface area contributed by atoms with Crippen LogP contribution in [0.5, 0.6) is 11.5 Å². The van der Waals surface area contributed by atoms with Crippen LogP contribution in [0.4, 0.5) is 14.6 Å². The van der Waals surface area contributed by atoms with E-state index in [1.807, 2.05) is 0 Å². The van der Waals surface area contributed by atoms with Gasteiger partial charge in [0.15, 0.2) is 11.5 Å². The molecular weight excluding hydrogens is 450 g/mol. The number of aromatic nitrogens is 1. The van der Waals surface area contributed by atoms with Crippen LogP contribution in [0, 0.1) is 0 Å². The van der Waals surface area contributed by atoms with Crippen LogP contribution in [0.3, 0.4) is 0 Å². The molecule has 0 spiro atoms. The van der Waals surface area contributed by atoms with Crippen LogP contribution < -0.4 is 14.8 Å². The molecule has 1 aliphatic heterocycles. The van der Waals surface area contributed by atoms with Gasteiger partial charge in [0.1, 0.15) is 5.82 Å². The second-order valence-corrected chi connectivity index (χ2v) is 8.11. The average Bonchev–Trinajstić information content (AvgIpc) is 3.56. The molecule has 0 radical (unpaired) electrons. The van der Waals surface area contributed by atoms with E-state index in [0.29, 0.717) is 35.2 Å². The highest BCUT2D eigenvalue weighted by molar-refractivity contribution is 6.01. The van der Waals surface area contributed by atoms with Crippen molar-refractivity contribution < 1.29 is 40.9 Å². The molecule has 2 aromatic carbocycles. The van der Waals surface area contributed by atoms with E-state index < -0.39 is 17.7 Å². The first kappa shape index (κ1) is 21.8. The molecule has 3 N–H and O–H groups in total. The zero-order valence-electron chi connectivity index (χ0n) is 17.5. The van der Waals surface area contributed by atoms with Crippen LogP contribution in [-0.4, -0.2) is 33.4 Å². The van der Waals surface area contributed by atoms with Gasteiger partial charge in [0.05, 0.1) is 23.3 Å². The Labute approximate surface area is 194 Å². The van der Waals surface area contributed by atoms with Crippen molar-refractivity contribution in [2.45, 2.75) is 31.2 Å². The number of fused-ring (bicyclic) bond motifs is 1. The average molecular weight is 472 g/mol.